The van der Waals surface area contributed by atoms with Crippen molar-refractivity contribution in [3.8, 4) is 0 Å². The minimum Gasteiger partial charge on any atom is -0.344 e. The lowest BCUT2D eigenvalue weighted by molar-refractivity contribution is 0.626. The van der Waals surface area contributed by atoms with E-state index in [-0.39, 0.29) is 6.15 Å². The Balaban J connectivity index is -0.0000000386. The van der Waals surface area contributed by atoms with E-state index in [0.717, 1.165) is 5.92 Å². The molecule has 0 bridgehead atoms. The first-order valence-electron chi connectivity index (χ1n) is 6.80. The highest BCUT2D eigenvalue weighted by Gasteiger charge is 1.80. The lowest BCUT2D eigenvalue weighted by Gasteiger charge is -1.90. The highest BCUT2D eigenvalue weighted by molar-refractivity contribution is 4.32. The minimum absolute atomic E-state index is 0. The van der Waals surface area contributed by atoms with E-state index in [0.29, 0.717) is 0 Å². The van der Waals surface area contributed by atoms with Crippen LogP contribution in [-0.4, -0.2) is 0 Å². The smallest absolute Gasteiger partial charge is 0.0474 e. The standard InChI is InChI=1S/2C5H12.C4H10.HNO.H3N/c1-4-5(2)3;1-3-5-4-2;1-3-4-2;1-2;/h5H,4H2,1-3H3;3-5H2,1-2H3;3-4H2,1-2H3;1H;1H3. The molecule has 3 heteroatoms. The molecule has 0 unspecified atom stereocenters. The average Bonchev–Trinajstić information content (AvgIpc) is 2.33. The van der Waals surface area contributed by atoms with Gasteiger partial charge in [0, 0.05) is 0 Å². The molecule has 17 heavy (non-hydrogen) atoms. The predicted molar refractivity (Wildman–Crippen MR) is 82.0 cm³/mol. The molecule has 0 aromatic rings. The van der Waals surface area contributed by atoms with Crippen LogP contribution in [0.15, 0.2) is 0 Å². The Labute approximate surface area is 110 Å². The highest BCUT2D eigenvalue weighted by Crippen LogP contribution is 1.93. The van der Waals surface area contributed by atoms with Crippen molar-refractivity contribution in [3.63, 3.8) is 0 Å². The molecule has 0 saturated heterocycles. The van der Waals surface area contributed by atoms with Crippen molar-refractivity contribution in [3.05, 3.63) is 4.91 Å². The molecule has 0 aliphatic rings. The van der Waals surface area contributed by atoms with Crippen molar-refractivity contribution in [2.24, 2.45) is 5.92 Å². The van der Waals surface area contributed by atoms with Crippen molar-refractivity contribution >= 4 is 0 Å². The average molecular weight is 250 g/mol. The van der Waals surface area contributed by atoms with Gasteiger partial charge in [0.25, 0.3) is 0 Å². The summed E-state index contributed by atoms with van der Waals surface area (Å²) < 4.78 is 0. The highest BCUT2D eigenvalue weighted by atomic mass is 16.2. The maximum absolute atomic E-state index is 7.50. The zero-order chi connectivity index (χ0) is 13.8. The normalized spacial score (nSPS) is 7.29. The Bertz CT molecular complexity index is 74.6. The molecule has 3 nitrogen and oxygen atoms in total. The van der Waals surface area contributed by atoms with E-state index in [2.05, 4.69) is 54.1 Å². The van der Waals surface area contributed by atoms with Gasteiger partial charge in [-0.1, -0.05) is 92.6 Å². The van der Waals surface area contributed by atoms with Crippen LogP contribution in [0.25, 0.3) is 0 Å². The molecule has 0 aliphatic heterocycles. The molecule has 0 saturated carbocycles. The molecule has 110 valence electrons. The summed E-state index contributed by atoms with van der Waals surface area (Å²) >= 11 is 0. The van der Waals surface area contributed by atoms with Crippen LogP contribution in [0.5, 0.6) is 0 Å². The first-order chi connectivity index (χ1) is 7.60. The van der Waals surface area contributed by atoms with E-state index in [9.17, 15) is 0 Å². The third kappa shape index (κ3) is 138. The molecule has 0 radical (unpaired) electrons. The Morgan fingerprint density at radius 1 is 0.765 bits per heavy atom. The summed E-state index contributed by atoms with van der Waals surface area (Å²) in [4.78, 5) is 7.50. The zero-order valence-electron chi connectivity index (χ0n) is 13.4. The van der Waals surface area contributed by atoms with Gasteiger partial charge in [-0.25, -0.2) is 0 Å². The quantitative estimate of drug-likeness (QED) is 0.555. The first-order valence-corrected chi connectivity index (χ1v) is 6.80. The van der Waals surface area contributed by atoms with Crippen molar-refractivity contribution in [1.82, 2.24) is 6.15 Å². The van der Waals surface area contributed by atoms with Crippen LogP contribution in [0.2, 0.25) is 0 Å². The van der Waals surface area contributed by atoms with Gasteiger partial charge in [0.15, 0.2) is 0 Å². The number of unbranched alkanes of at least 4 members (excludes halogenated alkanes) is 3. The van der Waals surface area contributed by atoms with Gasteiger partial charge in [0.05, 0.1) is 0 Å². The van der Waals surface area contributed by atoms with Gasteiger partial charge in [-0.15, -0.1) is 0 Å². The van der Waals surface area contributed by atoms with Crippen LogP contribution >= 0.6 is 0 Å². The second-order valence-electron chi connectivity index (χ2n) is 4.16. The number of hydrogen-bond donors (Lipinski definition) is 2. The molecule has 0 aromatic heterocycles. The van der Waals surface area contributed by atoms with Crippen LogP contribution in [0.3, 0.4) is 0 Å². The van der Waals surface area contributed by atoms with E-state index in [4.69, 9.17) is 4.91 Å². The second-order valence-corrected chi connectivity index (χ2v) is 4.16. The lowest BCUT2D eigenvalue weighted by Crippen LogP contribution is -1.77. The van der Waals surface area contributed by atoms with Gasteiger partial charge >= 0.3 is 0 Å². The molecule has 0 spiro atoms. The number of rotatable bonds is 4. The molecule has 0 aromatic carbocycles. The fourth-order valence-corrected chi connectivity index (χ4v) is 0.354. The van der Waals surface area contributed by atoms with Crippen molar-refractivity contribution < 1.29 is 0 Å². The van der Waals surface area contributed by atoms with Crippen molar-refractivity contribution in [1.29, 1.82) is 5.59 Å². The maximum Gasteiger partial charge on any atom is -0.0474 e. The van der Waals surface area contributed by atoms with Crippen LogP contribution in [0, 0.1) is 16.4 Å². The van der Waals surface area contributed by atoms with Crippen LogP contribution in [0.4, 0.5) is 0 Å². The van der Waals surface area contributed by atoms with Gasteiger partial charge in [-0.3, -0.25) is 0 Å². The molecule has 0 heterocycles. The summed E-state index contributed by atoms with van der Waals surface area (Å²) in [5, 5.41) is 0. The molecular weight excluding hydrogens is 212 g/mol. The van der Waals surface area contributed by atoms with E-state index in [1.165, 1.54) is 38.5 Å². The third-order valence-corrected chi connectivity index (χ3v) is 2.02. The molecule has 0 rings (SSSR count). The summed E-state index contributed by atoms with van der Waals surface area (Å²) in [6.45, 7) is 15.4. The summed E-state index contributed by atoms with van der Waals surface area (Å²) in [6.07, 6.45) is 8.02. The fraction of sp³-hybridized carbons (Fsp3) is 1.00. The van der Waals surface area contributed by atoms with Crippen LogP contribution in [0.1, 0.15) is 87.0 Å². The summed E-state index contributed by atoms with van der Waals surface area (Å²) in [7, 11) is 0. The summed E-state index contributed by atoms with van der Waals surface area (Å²) in [5.74, 6) is 0.884. The fourth-order valence-electron chi connectivity index (χ4n) is 0.354. The Hall–Kier alpha value is -0.440. The van der Waals surface area contributed by atoms with Crippen LogP contribution in [-0.2, 0) is 0 Å². The topological polar surface area (TPSA) is 75.9 Å². The van der Waals surface area contributed by atoms with Crippen LogP contribution < -0.4 is 6.15 Å². The monoisotopic (exact) mass is 250 g/mol. The van der Waals surface area contributed by atoms with Gasteiger partial charge in [0.1, 0.15) is 0 Å². The predicted octanol–water partition coefficient (Wildman–Crippen LogP) is 6.55. The van der Waals surface area contributed by atoms with Crippen molar-refractivity contribution in [2.75, 3.05) is 0 Å². The second kappa shape index (κ2) is 45.0. The molecular formula is C14H38N2O. The largest absolute Gasteiger partial charge is 0.344 e. The molecule has 4 N–H and O–H groups in total. The van der Waals surface area contributed by atoms with Gasteiger partial charge in [-0.05, 0) is 5.92 Å². The molecule has 0 fully saturated rings. The zero-order valence-corrected chi connectivity index (χ0v) is 13.4. The Morgan fingerprint density at radius 3 is 1.00 bits per heavy atom. The summed E-state index contributed by atoms with van der Waals surface area (Å²) in [5.41, 5.74) is 4.50. The first kappa shape index (κ1) is 30.0. The molecule has 0 aliphatic carbocycles. The minimum atomic E-state index is 0. The third-order valence-electron chi connectivity index (χ3n) is 2.02. The SMILES string of the molecule is CCC(C)C.CCCC.CCCCC.N.N=O. The lowest BCUT2D eigenvalue weighted by atomic mass is 10.2. The Morgan fingerprint density at radius 2 is 1.00 bits per heavy atom. The maximum atomic E-state index is 7.50. The molecule has 0 amide bonds. The Kier molecular flexibility index (Phi) is 79.5. The van der Waals surface area contributed by atoms with Gasteiger partial charge in [-0.2, -0.15) is 4.91 Å². The van der Waals surface area contributed by atoms with E-state index >= 15 is 0 Å². The van der Waals surface area contributed by atoms with E-state index < -0.39 is 0 Å². The van der Waals surface area contributed by atoms with Crippen molar-refractivity contribution in [2.45, 2.75) is 87.0 Å². The molecule has 0 atom stereocenters. The van der Waals surface area contributed by atoms with Gasteiger partial charge in [0.2, 0.25) is 0 Å². The number of nitrogens with one attached hydrogen (secondary N) is 1. The van der Waals surface area contributed by atoms with Gasteiger partial charge < -0.3 is 6.15 Å². The number of hydrogen-bond acceptors (Lipinski definition) is 3. The van der Waals surface area contributed by atoms with E-state index in [1.807, 2.05) is 0 Å². The summed E-state index contributed by atoms with van der Waals surface area (Å²) in [6, 6.07) is 0. The van der Waals surface area contributed by atoms with E-state index in [1.54, 1.807) is 0 Å². The number of nitroso groups, excluding NO2 is 1.